The molecule has 25 heavy (non-hydrogen) atoms. The van der Waals surface area contributed by atoms with E-state index in [1.165, 1.54) is 0 Å². The van der Waals surface area contributed by atoms with E-state index >= 15 is 0 Å². The third-order valence-corrected chi connectivity index (χ3v) is 4.75. The van der Waals surface area contributed by atoms with E-state index in [4.69, 9.17) is 0 Å². The number of hydrogen-bond donors (Lipinski definition) is 3. The van der Waals surface area contributed by atoms with E-state index in [2.05, 4.69) is 10.6 Å². The van der Waals surface area contributed by atoms with Gasteiger partial charge >= 0.3 is 0 Å². The summed E-state index contributed by atoms with van der Waals surface area (Å²) in [6.45, 7) is 2.54. The number of benzene rings is 2. The van der Waals surface area contributed by atoms with Crippen LogP contribution in [0.15, 0.2) is 42.5 Å². The molecule has 2 aromatic carbocycles. The van der Waals surface area contributed by atoms with Crippen molar-refractivity contribution >= 4 is 22.6 Å². The molecular weight excluding hydrogens is 316 g/mol. The Kier molecular flexibility index (Phi) is 5.34. The average Bonchev–Trinajstić information content (AvgIpc) is 3.36. The number of rotatable bonds is 7. The summed E-state index contributed by atoms with van der Waals surface area (Å²) in [5.74, 6) is 0.448. The zero-order chi connectivity index (χ0) is 17.8. The van der Waals surface area contributed by atoms with Crippen LogP contribution >= 0.6 is 0 Å². The van der Waals surface area contributed by atoms with Gasteiger partial charge in [0.2, 0.25) is 11.8 Å². The summed E-state index contributed by atoms with van der Waals surface area (Å²) in [6.07, 6.45) is 0.406. The Morgan fingerprint density at radius 2 is 1.88 bits per heavy atom. The van der Waals surface area contributed by atoms with E-state index in [0.29, 0.717) is 12.5 Å². The van der Waals surface area contributed by atoms with Crippen molar-refractivity contribution in [3.05, 3.63) is 48.0 Å². The van der Waals surface area contributed by atoms with Gasteiger partial charge in [-0.05, 0) is 34.7 Å². The average molecular weight is 340 g/mol. The van der Waals surface area contributed by atoms with Gasteiger partial charge in [0.1, 0.15) is 0 Å². The van der Waals surface area contributed by atoms with Crippen LogP contribution in [0.25, 0.3) is 10.8 Å². The van der Waals surface area contributed by atoms with Crippen molar-refractivity contribution in [2.45, 2.75) is 25.9 Å². The summed E-state index contributed by atoms with van der Waals surface area (Å²) in [5, 5.41) is 17.9. The normalized spacial score (nSPS) is 20.1. The van der Waals surface area contributed by atoms with Crippen LogP contribution in [-0.2, 0) is 9.59 Å². The van der Waals surface area contributed by atoms with Gasteiger partial charge in [-0.15, -0.1) is 0 Å². The SMILES string of the molecule is C[C@@H]1C[C@H]1C(=O)NCCC(=O)NC[C@H](O)c1ccc2ccccc2c1. The highest BCUT2D eigenvalue weighted by molar-refractivity contribution is 5.83. The Morgan fingerprint density at radius 3 is 2.60 bits per heavy atom. The molecule has 0 unspecified atom stereocenters. The predicted molar refractivity (Wildman–Crippen MR) is 96.8 cm³/mol. The molecule has 1 aliphatic rings. The molecule has 0 aromatic heterocycles. The molecule has 1 saturated carbocycles. The number of aliphatic hydroxyl groups is 1. The molecule has 0 bridgehead atoms. The molecule has 2 aromatic rings. The third kappa shape index (κ3) is 4.57. The van der Waals surface area contributed by atoms with Gasteiger partial charge in [0.05, 0.1) is 6.10 Å². The largest absolute Gasteiger partial charge is 0.387 e. The van der Waals surface area contributed by atoms with Gasteiger partial charge in [-0.1, -0.05) is 43.3 Å². The van der Waals surface area contributed by atoms with Crippen LogP contribution in [0, 0.1) is 11.8 Å². The van der Waals surface area contributed by atoms with E-state index < -0.39 is 6.10 Å². The standard InChI is InChI=1S/C20H24N2O3/c1-13-10-17(13)20(25)21-9-8-19(24)22-12-18(23)16-7-6-14-4-2-3-5-15(14)11-16/h2-7,11,13,17-18,23H,8-10,12H2,1H3,(H,21,25)(H,22,24)/t13-,17-,18+/m1/s1. The molecule has 0 spiro atoms. The first kappa shape index (κ1) is 17.4. The van der Waals surface area contributed by atoms with E-state index in [9.17, 15) is 14.7 Å². The first-order valence-corrected chi connectivity index (χ1v) is 8.76. The molecular formula is C20H24N2O3. The van der Waals surface area contributed by atoms with Crippen LogP contribution in [0.5, 0.6) is 0 Å². The second kappa shape index (κ2) is 7.66. The van der Waals surface area contributed by atoms with Crippen LogP contribution in [0.4, 0.5) is 0 Å². The van der Waals surface area contributed by atoms with Crippen molar-refractivity contribution < 1.29 is 14.7 Å². The number of carbonyl (C=O) groups is 2. The van der Waals surface area contributed by atoms with Crippen molar-refractivity contribution in [1.82, 2.24) is 10.6 Å². The minimum atomic E-state index is -0.754. The molecule has 5 nitrogen and oxygen atoms in total. The zero-order valence-corrected chi connectivity index (χ0v) is 14.4. The minimum Gasteiger partial charge on any atom is -0.387 e. The maximum atomic E-state index is 11.8. The van der Waals surface area contributed by atoms with Gasteiger partial charge in [-0.3, -0.25) is 9.59 Å². The van der Waals surface area contributed by atoms with Crippen LogP contribution < -0.4 is 10.6 Å². The highest BCUT2D eigenvalue weighted by Crippen LogP contribution is 2.37. The predicted octanol–water partition coefficient (Wildman–Crippen LogP) is 2.15. The Balaban J connectivity index is 1.42. The highest BCUT2D eigenvalue weighted by atomic mass is 16.3. The van der Waals surface area contributed by atoms with Crippen molar-refractivity contribution in [3.63, 3.8) is 0 Å². The van der Waals surface area contributed by atoms with Crippen molar-refractivity contribution in [2.24, 2.45) is 11.8 Å². The maximum absolute atomic E-state index is 11.8. The number of fused-ring (bicyclic) bond motifs is 1. The maximum Gasteiger partial charge on any atom is 0.223 e. The van der Waals surface area contributed by atoms with Gasteiger partial charge < -0.3 is 15.7 Å². The zero-order valence-electron chi connectivity index (χ0n) is 14.4. The topological polar surface area (TPSA) is 78.4 Å². The molecule has 132 valence electrons. The summed E-state index contributed by atoms with van der Waals surface area (Å²) >= 11 is 0. The van der Waals surface area contributed by atoms with Crippen LogP contribution in [0.2, 0.25) is 0 Å². The fourth-order valence-electron chi connectivity index (χ4n) is 2.95. The van der Waals surface area contributed by atoms with Crippen molar-refractivity contribution in [3.8, 4) is 0 Å². The lowest BCUT2D eigenvalue weighted by Crippen LogP contribution is -2.33. The molecule has 0 aliphatic heterocycles. The summed E-state index contributed by atoms with van der Waals surface area (Å²) in [6, 6.07) is 13.7. The fraction of sp³-hybridized carbons (Fsp3) is 0.400. The Hall–Kier alpha value is -2.40. The molecule has 3 atom stereocenters. The highest BCUT2D eigenvalue weighted by Gasteiger charge is 2.38. The Morgan fingerprint density at radius 1 is 1.16 bits per heavy atom. The van der Waals surface area contributed by atoms with Gasteiger partial charge in [-0.25, -0.2) is 0 Å². The molecule has 0 radical (unpaired) electrons. The van der Waals surface area contributed by atoms with E-state index in [0.717, 1.165) is 22.8 Å². The lowest BCUT2D eigenvalue weighted by Gasteiger charge is -2.13. The first-order chi connectivity index (χ1) is 12.0. The van der Waals surface area contributed by atoms with E-state index in [1.54, 1.807) is 0 Å². The summed E-state index contributed by atoms with van der Waals surface area (Å²) in [5.41, 5.74) is 0.773. The van der Waals surface area contributed by atoms with E-state index in [1.807, 2.05) is 49.4 Å². The summed E-state index contributed by atoms with van der Waals surface area (Å²) < 4.78 is 0. The van der Waals surface area contributed by atoms with Gasteiger partial charge in [0.15, 0.2) is 0 Å². The van der Waals surface area contributed by atoms with Crippen molar-refractivity contribution in [1.29, 1.82) is 0 Å². The second-order valence-electron chi connectivity index (χ2n) is 6.79. The molecule has 0 heterocycles. The van der Waals surface area contributed by atoms with E-state index in [-0.39, 0.29) is 30.7 Å². The molecule has 2 amide bonds. The third-order valence-electron chi connectivity index (χ3n) is 4.75. The number of carbonyl (C=O) groups excluding carboxylic acids is 2. The molecule has 1 fully saturated rings. The minimum absolute atomic E-state index is 0.0384. The number of hydrogen-bond acceptors (Lipinski definition) is 3. The molecule has 5 heteroatoms. The van der Waals surface area contributed by atoms with Gasteiger partial charge in [-0.2, -0.15) is 0 Å². The quantitative estimate of drug-likeness (QED) is 0.723. The summed E-state index contributed by atoms with van der Waals surface area (Å²) in [7, 11) is 0. The molecule has 1 aliphatic carbocycles. The fourth-order valence-corrected chi connectivity index (χ4v) is 2.95. The lowest BCUT2D eigenvalue weighted by molar-refractivity contribution is -0.123. The summed E-state index contributed by atoms with van der Waals surface area (Å²) in [4.78, 5) is 23.5. The lowest BCUT2D eigenvalue weighted by atomic mass is 10.0. The molecule has 0 saturated heterocycles. The number of amides is 2. The monoisotopic (exact) mass is 340 g/mol. The Labute approximate surface area is 147 Å². The molecule has 3 rings (SSSR count). The van der Waals surface area contributed by atoms with Crippen LogP contribution in [0.1, 0.15) is 31.4 Å². The van der Waals surface area contributed by atoms with Crippen molar-refractivity contribution in [2.75, 3.05) is 13.1 Å². The Bertz CT molecular complexity index is 774. The van der Waals surface area contributed by atoms with Gasteiger partial charge in [0.25, 0.3) is 0 Å². The number of aliphatic hydroxyl groups excluding tert-OH is 1. The van der Waals surface area contributed by atoms with Gasteiger partial charge in [0, 0.05) is 25.4 Å². The van der Waals surface area contributed by atoms with Crippen LogP contribution in [0.3, 0.4) is 0 Å². The number of nitrogens with one attached hydrogen (secondary N) is 2. The first-order valence-electron chi connectivity index (χ1n) is 8.76. The smallest absolute Gasteiger partial charge is 0.223 e. The molecule has 3 N–H and O–H groups in total. The second-order valence-corrected chi connectivity index (χ2v) is 6.79. The van der Waals surface area contributed by atoms with Crippen LogP contribution in [-0.4, -0.2) is 30.0 Å².